The lowest BCUT2D eigenvalue weighted by molar-refractivity contribution is -0.119. The highest BCUT2D eigenvalue weighted by atomic mass is 16.5. The van der Waals surface area contributed by atoms with E-state index in [1.165, 1.54) is 12.0 Å². The predicted octanol–water partition coefficient (Wildman–Crippen LogP) is 3.29. The number of anilines is 1. The lowest BCUT2D eigenvalue weighted by Crippen LogP contribution is -2.38. The van der Waals surface area contributed by atoms with Crippen LogP contribution in [0.15, 0.2) is 42.5 Å². The Morgan fingerprint density at radius 2 is 1.87 bits per heavy atom. The lowest BCUT2D eigenvalue weighted by Gasteiger charge is -2.28. The summed E-state index contributed by atoms with van der Waals surface area (Å²) in [5.74, 6) is 0.927. The van der Waals surface area contributed by atoms with Gasteiger partial charge in [0.1, 0.15) is 11.5 Å². The first-order valence-electron chi connectivity index (χ1n) is 9.90. The Balaban J connectivity index is 1.79. The average molecular weight is 412 g/mol. The molecule has 7 nitrogen and oxygen atoms in total. The molecule has 0 bridgehead atoms. The summed E-state index contributed by atoms with van der Waals surface area (Å²) in [6.07, 6.45) is 1.94. The molecule has 2 aromatic carbocycles. The second-order valence-corrected chi connectivity index (χ2v) is 7.20. The molecule has 1 saturated heterocycles. The van der Waals surface area contributed by atoms with E-state index in [0.717, 1.165) is 36.4 Å². The van der Waals surface area contributed by atoms with Crippen LogP contribution in [0.5, 0.6) is 11.5 Å². The van der Waals surface area contributed by atoms with Gasteiger partial charge in [0.05, 0.1) is 39.1 Å². The highest BCUT2D eigenvalue weighted by Crippen LogP contribution is 2.38. The molecule has 2 aromatic rings. The van der Waals surface area contributed by atoms with Crippen molar-refractivity contribution < 1.29 is 23.8 Å². The Bertz CT molecular complexity index is 914. The smallest absolute Gasteiger partial charge is 0.339 e. The van der Waals surface area contributed by atoms with Gasteiger partial charge in [-0.1, -0.05) is 18.2 Å². The Kier molecular flexibility index (Phi) is 6.95. The van der Waals surface area contributed by atoms with Crippen molar-refractivity contribution in [1.29, 1.82) is 0 Å². The van der Waals surface area contributed by atoms with Crippen LogP contribution in [0.4, 0.5) is 5.69 Å². The first-order chi connectivity index (χ1) is 14.5. The number of ether oxygens (including phenoxy) is 3. The van der Waals surface area contributed by atoms with Crippen molar-refractivity contribution in [3.63, 3.8) is 0 Å². The van der Waals surface area contributed by atoms with Crippen LogP contribution in [0.3, 0.4) is 0 Å². The molecule has 1 aliphatic rings. The Morgan fingerprint density at radius 1 is 1.10 bits per heavy atom. The SMILES string of the molecule is COC(=O)c1ccccc1N(C)C(=O)CN1CCCC1c1ccc(OC)cc1OC. The van der Waals surface area contributed by atoms with Crippen LogP contribution in [0.2, 0.25) is 0 Å². The lowest BCUT2D eigenvalue weighted by atomic mass is 10.0. The van der Waals surface area contributed by atoms with Crippen LogP contribution in [0.1, 0.15) is 34.8 Å². The number of hydrogen-bond donors (Lipinski definition) is 0. The van der Waals surface area contributed by atoms with Crippen molar-refractivity contribution in [1.82, 2.24) is 4.90 Å². The fraction of sp³-hybridized carbons (Fsp3) is 0.391. The fourth-order valence-electron chi connectivity index (χ4n) is 3.92. The molecule has 7 heteroatoms. The van der Waals surface area contributed by atoms with Gasteiger partial charge in [-0.2, -0.15) is 0 Å². The van der Waals surface area contributed by atoms with Crippen molar-refractivity contribution in [2.75, 3.05) is 46.4 Å². The van der Waals surface area contributed by atoms with Gasteiger partial charge in [0.2, 0.25) is 5.91 Å². The molecule has 0 spiro atoms. The van der Waals surface area contributed by atoms with Gasteiger partial charge in [-0.15, -0.1) is 0 Å². The van der Waals surface area contributed by atoms with Gasteiger partial charge >= 0.3 is 5.97 Å². The second-order valence-electron chi connectivity index (χ2n) is 7.20. The Hall–Kier alpha value is -3.06. The van der Waals surface area contributed by atoms with Crippen molar-refractivity contribution in [2.24, 2.45) is 0 Å². The average Bonchev–Trinajstić information content (AvgIpc) is 3.25. The molecule has 1 unspecified atom stereocenters. The number of likely N-dealkylation sites (N-methyl/N-ethyl adjacent to an activating group) is 1. The molecule has 0 radical (unpaired) electrons. The number of carbonyl (C=O) groups excluding carboxylic acids is 2. The maximum atomic E-state index is 13.1. The molecular formula is C23H28N2O5. The standard InChI is InChI=1S/C23H28N2O5/c1-24(19-9-6-5-8-18(19)23(27)30-4)22(26)15-25-13-7-10-20(25)17-12-11-16(28-2)14-21(17)29-3/h5-6,8-9,11-12,14,20H,7,10,13,15H2,1-4H3. The molecule has 0 N–H and O–H groups in total. The highest BCUT2D eigenvalue weighted by Gasteiger charge is 2.31. The van der Waals surface area contributed by atoms with E-state index in [1.807, 2.05) is 18.2 Å². The van der Waals surface area contributed by atoms with E-state index in [2.05, 4.69) is 4.90 Å². The Labute approximate surface area is 177 Å². The summed E-state index contributed by atoms with van der Waals surface area (Å²) >= 11 is 0. The van der Waals surface area contributed by atoms with Crippen molar-refractivity contribution in [2.45, 2.75) is 18.9 Å². The number of nitrogens with zero attached hydrogens (tertiary/aromatic N) is 2. The third-order valence-electron chi connectivity index (χ3n) is 5.55. The zero-order chi connectivity index (χ0) is 21.7. The van der Waals surface area contributed by atoms with Crippen molar-refractivity contribution in [3.05, 3.63) is 53.6 Å². The molecular weight excluding hydrogens is 384 g/mol. The molecule has 0 saturated carbocycles. The molecule has 1 amide bonds. The highest BCUT2D eigenvalue weighted by molar-refractivity contribution is 6.02. The van der Waals surface area contributed by atoms with Crippen LogP contribution in [-0.2, 0) is 9.53 Å². The van der Waals surface area contributed by atoms with E-state index < -0.39 is 5.97 Å². The number of rotatable bonds is 7. The first kappa shape index (κ1) is 21.6. The van der Waals surface area contributed by atoms with Crippen LogP contribution in [-0.4, -0.2) is 58.2 Å². The monoisotopic (exact) mass is 412 g/mol. The number of esters is 1. The number of methoxy groups -OCH3 is 3. The van der Waals surface area contributed by atoms with E-state index in [-0.39, 0.29) is 18.5 Å². The minimum Gasteiger partial charge on any atom is -0.497 e. The maximum Gasteiger partial charge on any atom is 0.339 e. The molecule has 1 fully saturated rings. The van der Waals surface area contributed by atoms with E-state index in [1.54, 1.807) is 45.5 Å². The summed E-state index contributed by atoms with van der Waals surface area (Å²) in [5, 5.41) is 0. The zero-order valence-corrected chi connectivity index (χ0v) is 17.9. The largest absolute Gasteiger partial charge is 0.497 e. The van der Waals surface area contributed by atoms with Gasteiger partial charge < -0.3 is 19.1 Å². The van der Waals surface area contributed by atoms with Crippen LogP contribution >= 0.6 is 0 Å². The van der Waals surface area contributed by atoms with E-state index in [4.69, 9.17) is 14.2 Å². The Morgan fingerprint density at radius 3 is 2.57 bits per heavy atom. The van der Waals surface area contributed by atoms with Gasteiger partial charge in [-0.25, -0.2) is 4.79 Å². The zero-order valence-electron chi connectivity index (χ0n) is 17.9. The summed E-state index contributed by atoms with van der Waals surface area (Å²) < 4.78 is 15.7. The summed E-state index contributed by atoms with van der Waals surface area (Å²) in [4.78, 5) is 28.8. The predicted molar refractivity (Wildman–Crippen MR) is 114 cm³/mol. The van der Waals surface area contributed by atoms with Crippen molar-refractivity contribution in [3.8, 4) is 11.5 Å². The number of carbonyl (C=O) groups is 2. The van der Waals surface area contributed by atoms with Gasteiger partial charge in [0.15, 0.2) is 0 Å². The van der Waals surface area contributed by atoms with E-state index >= 15 is 0 Å². The van der Waals surface area contributed by atoms with Crippen LogP contribution in [0.25, 0.3) is 0 Å². The number of benzene rings is 2. The number of para-hydroxylation sites is 1. The normalized spacial score (nSPS) is 16.2. The summed E-state index contributed by atoms with van der Waals surface area (Å²) in [5.41, 5.74) is 1.94. The van der Waals surface area contributed by atoms with Crippen molar-refractivity contribution >= 4 is 17.6 Å². The minimum absolute atomic E-state index is 0.0825. The third kappa shape index (κ3) is 4.41. The van der Waals surface area contributed by atoms with E-state index in [9.17, 15) is 9.59 Å². The number of hydrogen-bond acceptors (Lipinski definition) is 6. The summed E-state index contributed by atoms with van der Waals surface area (Å²) in [6.45, 7) is 1.06. The van der Waals surface area contributed by atoms with Gasteiger partial charge in [-0.05, 0) is 37.6 Å². The molecule has 0 aromatic heterocycles. The summed E-state index contributed by atoms with van der Waals surface area (Å²) in [7, 11) is 6.28. The minimum atomic E-state index is -0.465. The maximum absolute atomic E-state index is 13.1. The van der Waals surface area contributed by atoms with Gasteiger partial charge in [-0.3, -0.25) is 9.69 Å². The molecule has 1 aliphatic heterocycles. The van der Waals surface area contributed by atoms with Gasteiger partial charge in [0.25, 0.3) is 0 Å². The van der Waals surface area contributed by atoms with Gasteiger partial charge in [0, 0.05) is 24.7 Å². The second kappa shape index (κ2) is 9.63. The first-order valence-corrected chi connectivity index (χ1v) is 9.90. The topological polar surface area (TPSA) is 68.3 Å². The molecule has 160 valence electrons. The summed E-state index contributed by atoms with van der Waals surface area (Å²) in [6, 6.07) is 12.8. The molecule has 3 rings (SSSR count). The quantitative estimate of drug-likeness (QED) is 0.650. The fourth-order valence-corrected chi connectivity index (χ4v) is 3.92. The molecule has 1 heterocycles. The molecule has 30 heavy (non-hydrogen) atoms. The third-order valence-corrected chi connectivity index (χ3v) is 5.55. The number of likely N-dealkylation sites (tertiary alicyclic amines) is 1. The van der Waals surface area contributed by atoms with E-state index in [0.29, 0.717) is 11.3 Å². The molecule has 1 atom stereocenters. The number of amides is 1. The van der Waals surface area contributed by atoms with Crippen LogP contribution in [0, 0.1) is 0 Å². The van der Waals surface area contributed by atoms with Crippen LogP contribution < -0.4 is 14.4 Å². The molecule has 0 aliphatic carbocycles.